The van der Waals surface area contributed by atoms with Gasteiger partial charge in [-0.3, -0.25) is 19.2 Å². The van der Waals surface area contributed by atoms with E-state index in [4.69, 9.17) is 0 Å². The third-order valence-corrected chi connectivity index (χ3v) is 13.7. The Labute approximate surface area is 410 Å². The second-order valence-electron chi connectivity index (χ2n) is 18.6. The van der Waals surface area contributed by atoms with Crippen LogP contribution in [0.4, 0.5) is 34.1 Å². The van der Waals surface area contributed by atoms with Crippen molar-refractivity contribution in [2.45, 2.75) is 105 Å². The summed E-state index contributed by atoms with van der Waals surface area (Å²) < 4.78 is 2.27. The van der Waals surface area contributed by atoms with Crippen LogP contribution in [0.1, 0.15) is 101 Å². The van der Waals surface area contributed by atoms with E-state index < -0.39 is 22.2 Å². The van der Waals surface area contributed by atoms with Gasteiger partial charge in [-0.15, -0.1) is 0 Å². The molecule has 9 rings (SSSR count). The van der Waals surface area contributed by atoms with Crippen LogP contribution >= 0.6 is 0 Å². The van der Waals surface area contributed by atoms with Crippen molar-refractivity contribution in [1.29, 1.82) is 0 Å². The molecule has 9 aromatic rings. The second-order valence-corrected chi connectivity index (χ2v) is 18.6. The van der Waals surface area contributed by atoms with Gasteiger partial charge >= 0.3 is 0 Å². The first-order valence-corrected chi connectivity index (χ1v) is 25.3. The highest BCUT2D eigenvalue weighted by Crippen LogP contribution is 2.37. The van der Waals surface area contributed by atoms with Crippen molar-refractivity contribution in [3.63, 3.8) is 0 Å². The molecule has 354 valence electrons. The number of fused-ring (bicyclic) bond motifs is 2. The Morgan fingerprint density at radius 1 is 0.300 bits per heavy atom. The molecule has 7 aromatic carbocycles. The zero-order chi connectivity index (χ0) is 48.7. The molecule has 0 fully saturated rings. The van der Waals surface area contributed by atoms with E-state index in [0.717, 1.165) is 120 Å². The van der Waals surface area contributed by atoms with E-state index in [-0.39, 0.29) is 21.5 Å². The van der Waals surface area contributed by atoms with E-state index in [9.17, 15) is 19.2 Å². The maximum absolute atomic E-state index is 14.2. The maximum atomic E-state index is 14.2. The fourth-order valence-electron chi connectivity index (χ4n) is 9.61. The van der Waals surface area contributed by atoms with Gasteiger partial charge in [0.2, 0.25) is 0 Å². The summed E-state index contributed by atoms with van der Waals surface area (Å²) in [5, 5.41) is 0.375. The van der Waals surface area contributed by atoms with Gasteiger partial charge in [0, 0.05) is 34.1 Å². The van der Waals surface area contributed by atoms with E-state index in [0.29, 0.717) is 11.4 Å². The number of anilines is 6. The van der Waals surface area contributed by atoms with Gasteiger partial charge in [-0.1, -0.05) is 102 Å². The molecule has 0 N–H and O–H groups in total. The van der Waals surface area contributed by atoms with E-state index in [2.05, 4.69) is 135 Å². The molecule has 0 radical (unpaired) electrons. The van der Waals surface area contributed by atoms with E-state index in [1.54, 1.807) is 24.3 Å². The highest BCUT2D eigenvalue weighted by atomic mass is 16.2. The van der Waals surface area contributed by atoms with Gasteiger partial charge in [0.15, 0.2) is 0 Å². The summed E-state index contributed by atoms with van der Waals surface area (Å²) in [5.74, 6) is 0. The lowest BCUT2D eigenvalue weighted by Gasteiger charge is -2.26. The molecule has 70 heavy (non-hydrogen) atoms. The lowest BCUT2D eigenvalue weighted by atomic mass is 10.1. The van der Waals surface area contributed by atoms with Gasteiger partial charge in [-0.05, 0) is 183 Å². The minimum absolute atomic E-state index is 0.0937. The van der Waals surface area contributed by atoms with Crippen LogP contribution in [-0.2, 0) is 25.7 Å². The molecule has 0 atom stereocenters. The highest BCUT2D eigenvalue weighted by molar-refractivity contribution is 5.98. The first-order chi connectivity index (χ1) is 34.2. The molecule has 0 saturated carbocycles. The monoisotopic (exact) mass is 926 g/mol. The molecule has 0 bridgehead atoms. The number of rotatable bonds is 20. The standard InChI is InChI=1S/C62H62N4O4/c1-5-9-13-43-17-25-47(26-18-43)63(48-27-19-44(20-28-48)14-10-6-2)51-33-37-53(38-34-51)65-59(67)55-41-57-58(42-56(55)60(65)68)62(70)66(61(57)69)54-39-35-52(36-40-54)64(49-29-21-45(22-30-49)15-11-7-3)50-31-23-46(24-32-50)16-12-8-4/h17-42H,5-16H2,1-4H3. The summed E-state index contributed by atoms with van der Waals surface area (Å²) >= 11 is 0. The van der Waals surface area contributed by atoms with Gasteiger partial charge in [-0.25, -0.2) is 9.13 Å². The summed E-state index contributed by atoms with van der Waals surface area (Å²) in [7, 11) is 0. The first kappa shape index (κ1) is 47.5. The molecule has 0 saturated heterocycles. The number of hydrogen-bond acceptors (Lipinski definition) is 6. The van der Waals surface area contributed by atoms with Crippen LogP contribution in [0.2, 0.25) is 0 Å². The largest absolute Gasteiger partial charge is 0.311 e. The second kappa shape index (κ2) is 21.4. The fourth-order valence-corrected chi connectivity index (χ4v) is 9.61. The Balaban J connectivity index is 1.03. The predicted molar refractivity (Wildman–Crippen MR) is 291 cm³/mol. The summed E-state index contributed by atoms with van der Waals surface area (Å²) in [6.45, 7) is 8.80. The number of aryl methyl sites for hydroxylation is 4. The Morgan fingerprint density at radius 2 is 0.500 bits per heavy atom. The van der Waals surface area contributed by atoms with Gasteiger partial charge in [0.25, 0.3) is 22.2 Å². The van der Waals surface area contributed by atoms with Gasteiger partial charge < -0.3 is 9.80 Å². The number of benzene rings is 7. The van der Waals surface area contributed by atoms with Crippen molar-refractivity contribution < 1.29 is 0 Å². The molecule has 0 aliphatic rings. The average Bonchev–Trinajstić information content (AvgIpc) is 3.79. The van der Waals surface area contributed by atoms with Crippen LogP contribution in [-0.4, -0.2) is 9.13 Å². The van der Waals surface area contributed by atoms with Crippen LogP contribution in [0.25, 0.3) is 32.9 Å². The molecular weight excluding hydrogens is 865 g/mol. The molecule has 0 aliphatic heterocycles. The van der Waals surface area contributed by atoms with Crippen LogP contribution in [0.15, 0.2) is 177 Å². The van der Waals surface area contributed by atoms with Crippen molar-refractivity contribution in [3.05, 3.63) is 221 Å². The fraction of sp³-hybridized carbons (Fsp3) is 0.258. The lowest BCUT2D eigenvalue weighted by Crippen LogP contribution is -2.24. The van der Waals surface area contributed by atoms with E-state index in [1.165, 1.54) is 34.4 Å². The minimum Gasteiger partial charge on any atom is -0.311 e. The summed E-state index contributed by atoms with van der Waals surface area (Å²) in [4.78, 5) is 61.0. The zero-order valence-electron chi connectivity index (χ0n) is 40.9. The quantitative estimate of drug-likeness (QED) is 0.0757. The van der Waals surface area contributed by atoms with Crippen LogP contribution in [0, 0.1) is 0 Å². The highest BCUT2D eigenvalue weighted by Gasteiger charge is 2.22. The number of nitrogens with zero attached hydrogens (tertiary/aromatic N) is 4. The molecular formula is C62H62N4O4. The van der Waals surface area contributed by atoms with Crippen molar-refractivity contribution in [1.82, 2.24) is 9.13 Å². The summed E-state index contributed by atoms with van der Waals surface area (Å²) in [6, 6.07) is 52.2. The smallest absolute Gasteiger partial charge is 0.266 e. The van der Waals surface area contributed by atoms with Crippen molar-refractivity contribution in [3.8, 4) is 11.4 Å². The Morgan fingerprint density at radius 3 is 0.700 bits per heavy atom. The van der Waals surface area contributed by atoms with E-state index >= 15 is 0 Å². The Kier molecular flexibility index (Phi) is 14.5. The Bertz CT molecular complexity index is 3010. The van der Waals surface area contributed by atoms with Crippen molar-refractivity contribution >= 4 is 55.7 Å². The molecule has 0 amide bonds. The molecule has 8 heteroatoms. The SMILES string of the molecule is CCCCc1ccc(N(c2ccc(CCCC)cc2)c2ccc(-n3c(=O)c4cc5c(=O)n(-c6ccc(N(c7ccc(CCCC)cc7)c7ccc(CCCC)cc7)cc6)c(=O)c5cc4c3=O)cc2)cc1. The third-order valence-electron chi connectivity index (χ3n) is 13.7. The maximum Gasteiger partial charge on any atom is 0.266 e. The normalized spacial score (nSPS) is 11.5. The number of hydrogen-bond donors (Lipinski definition) is 0. The Hall–Kier alpha value is -7.58. The topological polar surface area (TPSA) is 84.6 Å². The van der Waals surface area contributed by atoms with Gasteiger partial charge in [0.1, 0.15) is 0 Å². The summed E-state index contributed by atoms with van der Waals surface area (Å²) in [6.07, 6.45) is 13.2. The summed E-state index contributed by atoms with van der Waals surface area (Å²) in [5.41, 5.74) is 9.51. The minimum atomic E-state index is -0.544. The molecule has 0 spiro atoms. The molecule has 2 heterocycles. The van der Waals surface area contributed by atoms with Crippen LogP contribution in [0.5, 0.6) is 0 Å². The zero-order valence-corrected chi connectivity index (χ0v) is 40.9. The molecule has 8 nitrogen and oxygen atoms in total. The van der Waals surface area contributed by atoms with Gasteiger partial charge in [-0.2, -0.15) is 0 Å². The van der Waals surface area contributed by atoms with Crippen molar-refractivity contribution in [2.24, 2.45) is 0 Å². The van der Waals surface area contributed by atoms with Crippen molar-refractivity contribution in [2.75, 3.05) is 9.80 Å². The number of aromatic nitrogens is 2. The number of unbranched alkanes of at least 4 members (excludes halogenated alkanes) is 4. The lowest BCUT2D eigenvalue weighted by molar-refractivity contribution is 0.795. The van der Waals surface area contributed by atoms with Crippen LogP contribution < -0.4 is 32.0 Å². The molecule has 0 aliphatic carbocycles. The molecule has 0 unspecified atom stereocenters. The van der Waals surface area contributed by atoms with Gasteiger partial charge in [0.05, 0.1) is 32.9 Å². The average molecular weight is 927 g/mol. The van der Waals surface area contributed by atoms with E-state index in [1.807, 2.05) is 24.3 Å². The predicted octanol–water partition coefficient (Wildman–Crippen LogP) is 14.2. The van der Waals surface area contributed by atoms with Crippen LogP contribution in [0.3, 0.4) is 0 Å². The first-order valence-electron chi connectivity index (χ1n) is 25.3. The molecule has 2 aromatic heterocycles. The third kappa shape index (κ3) is 9.68.